The van der Waals surface area contributed by atoms with E-state index in [2.05, 4.69) is 0 Å². The van der Waals surface area contributed by atoms with Crippen LogP contribution >= 0.6 is 11.6 Å². The van der Waals surface area contributed by atoms with Crippen molar-refractivity contribution in [3.05, 3.63) is 69.4 Å². The van der Waals surface area contributed by atoms with Crippen molar-refractivity contribution in [2.75, 3.05) is 7.05 Å². The maximum atomic E-state index is 13.2. The predicted molar refractivity (Wildman–Crippen MR) is 102 cm³/mol. The van der Waals surface area contributed by atoms with Gasteiger partial charge in [0.05, 0.1) is 11.6 Å². The second kappa shape index (κ2) is 7.96. The molecule has 1 amide bonds. The number of aromatic nitrogens is 1. The summed E-state index contributed by atoms with van der Waals surface area (Å²) in [6.07, 6.45) is 0.840. The molecule has 0 aliphatic carbocycles. The summed E-state index contributed by atoms with van der Waals surface area (Å²) >= 11 is 5.91. The lowest BCUT2D eigenvalue weighted by Crippen LogP contribution is -2.32. The Morgan fingerprint density at radius 2 is 1.96 bits per heavy atom. The van der Waals surface area contributed by atoms with Crippen LogP contribution in [-0.2, 0) is 11.3 Å². The minimum Gasteiger partial charge on any atom is -0.408 e. The normalized spacial score (nSPS) is 12.3. The molecule has 0 aliphatic heterocycles. The van der Waals surface area contributed by atoms with Crippen LogP contribution in [0.1, 0.15) is 31.4 Å². The highest BCUT2D eigenvalue weighted by Gasteiger charge is 2.21. The number of carbonyl (C=O) groups excluding carboxylic acids is 1. The van der Waals surface area contributed by atoms with Crippen molar-refractivity contribution in [1.82, 2.24) is 9.47 Å². The highest BCUT2D eigenvalue weighted by atomic mass is 35.5. The van der Waals surface area contributed by atoms with Crippen LogP contribution in [0.4, 0.5) is 4.39 Å². The number of hydrogen-bond donors (Lipinski definition) is 0. The number of oxazole rings is 1. The van der Waals surface area contributed by atoms with Gasteiger partial charge in [0.1, 0.15) is 5.82 Å². The Balaban J connectivity index is 1.74. The lowest BCUT2D eigenvalue weighted by atomic mass is 10.0. The van der Waals surface area contributed by atoms with Gasteiger partial charge in [-0.2, -0.15) is 0 Å². The molecule has 1 heterocycles. The van der Waals surface area contributed by atoms with Crippen molar-refractivity contribution in [1.29, 1.82) is 0 Å². The quantitative estimate of drug-likeness (QED) is 0.627. The second-order valence-electron chi connectivity index (χ2n) is 6.36. The number of halogens is 2. The molecular weight excluding hydrogens is 371 g/mol. The first-order chi connectivity index (χ1) is 12.9. The Hall–Kier alpha value is -2.60. The summed E-state index contributed by atoms with van der Waals surface area (Å²) in [6.45, 7) is 2.17. The van der Waals surface area contributed by atoms with Gasteiger partial charge in [-0.05, 0) is 36.2 Å². The van der Waals surface area contributed by atoms with E-state index in [1.165, 1.54) is 16.7 Å². The highest BCUT2D eigenvalue weighted by molar-refractivity contribution is 6.31. The summed E-state index contributed by atoms with van der Waals surface area (Å²) in [6, 6.07) is 10.9. The molecule has 1 atom stereocenters. The molecule has 2 aromatic carbocycles. The molecule has 7 heteroatoms. The molecule has 1 unspecified atom stereocenters. The Labute approximate surface area is 161 Å². The molecule has 1 aromatic heterocycles. The molecule has 0 radical (unpaired) electrons. The van der Waals surface area contributed by atoms with Gasteiger partial charge in [-0.25, -0.2) is 9.18 Å². The van der Waals surface area contributed by atoms with E-state index in [0.29, 0.717) is 22.5 Å². The standard InChI is InChI=1S/C20H20ClFN2O3/c1-3-16(13-4-7-15(22)8-5-13)23(2)19(25)10-11-24-17-9-6-14(21)12-18(17)27-20(24)26/h4-9,12,16H,3,10-11H2,1-2H3. The molecule has 142 valence electrons. The number of nitrogens with zero attached hydrogens (tertiary/aromatic N) is 2. The summed E-state index contributed by atoms with van der Waals surface area (Å²) in [5.74, 6) is -0.941. The van der Waals surface area contributed by atoms with Gasteiger partial charge >= 0.3 is 5.76 Å². The van der Waals surface area contributed by atoms with Crippen LogP contribution in [0.15, 0.2) is 51.7 Å². The first-order valence-corrected chi connectivity index (χ1v) is 9.08. The molecule has 0 saturated heterocycles. The predicted octanol–water partition coefficient (Wildman–Crippen LogP) is 4.39. The molecule has 0 saturated carbocycles. The van der Waals surface area contributed by atoms with Gasteiger partial charge < -0.3 is 9.32 Å². The summed E-state index contributed by atoms with van der Waals surface area (Å²) < 4.78 is 19.8. The van der Waals surface area contributed by atoms with Crippen LogP contribution in [0, 0.1) is 5.82 Å². The summed E-state index contributed by atoms with van der Waals surface area (Å²) in [5.41, 5.74) is 1.87. The summed E-state index contributed by atoms with van der Waals surface area (Å²) in [5, 5.41) is 0.476. The molecule has 0 bridgehead atoms. The Morgan fingerprint density at radius 1 is 1.26 bits per heavy atom. The van der Waals surface area contributed by atoms with E-state index in [1.54, 1.807) is 42.3 Å². The van der Waals surface area contributed by atoms with Gasteiger partial charge in [0.25, 0.3) is 0 Å². The van der Waals surface area contributed by atoms with Crippen LogP contribution in [0.3, 0.4) is 0 Å². The van der Waals surface area contributed by atoms with Crippen molar-refractivity contribution < 1.29 is 13.6 Å². The molecule has 0 aliphatic rings. The molecule has 27 heavy (non-hydrogen) atoms. The lowest BCUT2D eigenvalue weighted by Gasteiger charge is -2.28. The zero-order chi connectivity index (χ0) is 19.6. The lowest BCUT2D eigenvalue weighted by molar-refractivity contribution is -0.132. The zero-order valence-corrected chi connectivity index (χ0v) is 15.9. The monoisotopic (exact) mass is 390 g/mol. The zero-order valence-electron chi connectivity index (χ0n) is 15.1. The van der Waals surface area contributed by atoms with Gasteiger partial charge in [0, 0.05) is 31.1 Å². The summed E-state index contributed by atoms with van der Waals surface area (Å²) in [7, 11) is 1.72. The van der Waals surface area contributed by atoms with Crippen molar-refractivity contribution in [3.63, 3.8) is 0 Å². The molecule has 3 rings (SSSR count). The van der Waals surface area contributed by atoms with E-state index in [-0.39, 0.29) is 30.7 Å². The van der Waals surface area contributed by atoms with E-state index in [1.807, 2.05) is 6.92 Å². The Bertz CT molecular complexity index is 1010. The first-order valence-electron chi connectivity index (χ1n) is 8.70. The van der Waals surface area contributed by atoms with Crippen molar-refractivity contribution in [3.8, 4) is 0 Å². The number of fused-ring (bicyclic) bond motifs is 1. The van der Waals surface area contributed by atoms with Crippen molar-refractivity contribution in [2.24, 2.45) is 0 Å². The van der Waals surface area contributed by atoms with E-state index >= 15 is 0 Å². The van der Waals surface area contributed by atoms with Gasteiger partial charge in [0.15, 0.2) is 5.58 Å². The van der Waals surface area contributed by atoms with Crippen LogP contribution in [0.5, 0.6) is 0 Å². The third-order valence-electron chi connectivity index (χ3n) is 4.68. The smallest absolute Gasteiger partial charge is 0.408 e. The number of benzene rings is 2. The van der Waals surface area contributed by atoms with Crippen molar-refractivity contribution in [2.45, 2.75) is 32.4 Å². The molecule has 0 spiro atoms. The number of amides is 1. The Morgan fingerprint density at radius 3 is 2.63 bits per heavy atom. The molecule has 0 N–H and O–H groups in total. The average molecular weight is 391 g/mol. The van der Waals surface area contributed by atoms with Gasteiger partial charge in [-0.15, -0.1) is 0 Å². The number of rotatable bonds is 6. The van der Waals surface area contributed by atoms with Crippen LogP contribution in [-0.4, -0.2) is 22.4 Å². The third-order valence-corrected chi connectivity index (χ3v) is 4.92. The van der Waals surface area contributed by atoms with E-state index in [0.717, 1.165) is 5.56 Å². The molecule has 5 nitrogen and oxygen atoms in total. The average Bonchev–Trinajstić information content (AvgIpc) is 2.95. The van der Waals surface area contributed by atoms with E-state index in [9.17, 15) is 14.0 Å². The first kappa shape index (κ1) is 19.2. The van der Waals surface area contributed by atoms with Crippen LogP contribution in [0.2, 0.25) is 5.02 Å². The minimum atomic E-state index is -0.520. The maximum Gasteiger partial charge on any atom is 0.419 e. The Kier molecular flexibility index (Phi) is 5.65. The molecular formula is C20H20ClFN2O3. The fraction of sp³-hybridized carbons (Fsp3) is 0.300. The van der Waals surface area contributed by atoms with Crippen LogP contribution in [0.25, 0.3) is 11.1 Å². The summed E-state index contributed by atoms with van der Waals surface area (Å²) in [4.78, 5) is 26.4. The van der Waals surface area contributed by atoms with Crippen molar-refractivity contribution >= 4 is 28.6 Å². The number of carbonyl (C=O) groups is 1. The van der Waals surface area contributed by atoms with E-state index in [4.69, 9.17) is 16.0 Å². The van der Waals surface area contributed by atoms with Crippen LogP contribution < -0.4 is 5.76 Å². The number of aryl methyl sites for hydroxylation is 1. The van der Waals surface area contributed by atoms with E-state index < -0.39 is 5.76 Å². The molecule has 0 fully saturated rings. The van der Waals surface area contributed by atoms with Gasteiger partial charge in [0.2, 0.25) is 5.91 Å². The largest absolute Gasteiger partial charge is 0.419 e. The minimum absolute atomic E-state index is 0.110. The topological polar surface area (TPSA) is 55.5 Å². The fourth-order valence-corrected chi connectivity index (χ4v) is 3.39. The van der Waals surface area contributed by atoms with Gasteiger partial charge in [-0.3, -0.25) is 9.36 Å². The highest BCUT2D eigenvalue weighted by Crippen LogP contribution is 2.24. The SMILES string of the molecule is CCC(c1ccc(F)cc1)N(C)C(=O)CCn1c(=O)oc2cc(Cl)ccc21. The third kappa shape index (κ3) is 4.06. The number of hydrogen-bond acceptors (Lipinski definition) is 3. The fourth-order valence-electron chi connectivity index (χ4n) is 3.23. The maximum absolute atomic E-state index is 13.2. The van der Waals surface area contributed by atoms with Gasteiger partial charge in [-0.1, -0.05) is 30.7 Å². The second-order valence-corrected chi connectivity index (χ2v) is 6.80. The molecule has 3 aromatic rings.